The third kappa shape index (κ3) is 3.83. The summed E-state index contributed by atoms with van der Waals surface area (Å²) in [6.07, 6.45) is 1.65. The number of nitrogens with zero attached hydrogens (tertiary/aromatic N) is 1. The molecule has 0 bridgehead atoms. The summed E-state index contributed by atoms with van der Waals surface area (Å²) in [7, 11) is -2.26. The van der Waals surface area contributed by atoms with E-state index in [0.717, 1.165) is 5.56 Å². The van der Waals surface area contributed by atoms with Crippen molar-refractivity contribution in [1.82, 2.24) is 4.98 Å². The molecule has 0 spiro atoms. The van der Waals surface area contributed by atoms with Crippen molar-refractivity contribution >= 4 is 21.4 Å². The van der Waals surface area contributed by atoms with Crippen molar-refractivity contribution < 1.29 is 13.2 Å². The van der Waals surface area contributed by atoms with Crippen molar-refractivity contribution in [2.45, 2.75) is 11.4 Å². The van der Waals surface area contributed by atoms with E-state index in [1.165, 1.54) is 12.1 Å². The molecule has 0 aliphatic rings. The highest BCUT2D eigenvalue weighted by Crippen LogP contribution is 2.22. The third-order valence-corrected chi connectivity index (χ3v) is 3.81. The van der Waals surface area contributed by atoms with Gasteiger partial charge in [-0.25, -0.2) is 18.5 Å². The summed E-state index contributed by atoms with van der Waals surface area (Å²) in [4.78, 5) is 3.93. The van der Waals surface area contributed by atoms with Gasteiger partial charge in [-0.3, -0.25) is 0 Å². The summed E-state index contributed by atoms with van der Waals surface area (Å²) in [5, 5.41) is 8.19. The van der Waals surface area contributed by atoms with Crippen LogP contribution in [-0.2, 0) is 16.6 Å². The lowest BCUT2D eigenvalue weighted by molar-refractivity contribution is 0.397. The SMILES string of the molecule is COc1cc(CNc2ccc(S(N)(=O)=O)c(N)c2)ccn1. The van der Waals surface area contributed by atoms with E-state index >= 15 is 0 Å². The predicted octanol–water partition coefficient (Wildman–Crippen LogP) is 0.932. The second kappa shape index (κ2) is 5.98. The normalized spacial score (nSPS) is 11.1. The number of aromatic nitrogens is 1. The van der Waals surface area contributed by atoms with Crippen molar-refractivity contribution in [2.24, 2.45) is 5.14 Å². The molecule has 1 aromatic carbocycles. The summed E-state index contributed by atoms with van der Waals surface area (Å²) in [6.45, 7) is 0.521. The molecule has 7 nitrogen and oxygen atoms in total. The Bertz CT molecular complexity index is 747. The number of ether oxygens (including phenoxy) is 1. The van der Waals surface area contributed by atoms with Gasteiger partial charge >= 0.3 is 0 Å². The first-order valence-electron chi connectivity index (χ1n) is 6.05. The number of rotatable bonds is 5. The molecular weight excluding hydrogens is 292 g/mol. The molecule has 0 fully saturated rings. The third-order valence-electron chi connectivity index (χ3n) is 2.82. The van der Waals surface area contributed by atoms with E-state index in [0.29, 0.717) is 18.1 Å². The molecule has 0 saturated carbocycles. The Balaban J connectivity index is 2.12. The van der Waals surface area contributed by atoms with Crippen LogP contribution < -0.4 is 20.9 Å². The monoisotopic (exact) mass is 308 g/mol. The minimum absolute atomic E-state index is 0.0846. The zero-order chi connectivity index (χ0) is 15.5. The Morgan fingerprint density at radius 2 is 2.05 bits per heavy atom. The number of methoxy groups -OCH3 is 1. The zero-order valence-corrected chi connectivity index (χ0v) is 12.2. The van der Waals surface area contributed by atoms with Gasteiger partial charge in [-0.15, -0.1) is 0 Å². The van der Waals surface area contributed by atoms with Gasteiger partial charge in [0.15, 0.2) is 0 Å². The summed E-state index contributed by atoms with van der Waals surface area (Å²) in [5.41, 5.74) is 7.46. The number of primary sulfonamides is 1. The molecule has 2 aromatic rings. The Morgan fingerprint density at radius 3 is 2.67 bits per heavy atom. The van der Waals surface area contributed by atoms with E-state index in [1.807, 2.05) is 6.07 Å². The standard InChI is InChI=1S/C13H16N4O3S/c1-20-13-6-9(4-5-16-13)8-17-10-2-3-12(11(14)7-10)21(15,18)19/h2-7,17H,8,14H2,1H3,(H2,15,18,19). The predicted molar refractivity (Wildman–Crippen MR) is 80.3 cm³/mol. The van der Waals surface area contributed by atoms with Gasteiger partial charge in [-0.2, -0.15) is 0 Å². The molecule has 0 aliphatic heterocycles. The van der Waals surface area contributed by atoms with Crippen molar-refractivity contribution in [3.05, 3.63) is 42.1 Å². The van der Waals surface area contributed by atoms with Gasteiger partial charge in [0, 0.05) is 24.5 Å². The van der Waals surface area contributed by atoms with E-state index in [1.54, 1.807) is 25.4 Å². The van der Waals surface area contributed by atoms with Crippen LogP contribution in [0.4, 0.5) is 11.4 Å². The Morgan fingerprint density at radius 1 is 1.29 bits per heavy atom. The molecule has 1 aromatic heterocycles. The maximum atomic E-state index is 11.3. The smallest absolute Gasteiger partial charge is 0.240 e. The lowest BCUT2D eigenvalue weighted by Crippen LogP contribution is -2.14. The van der Waals surface area contributed by atoms with E-state index in [9.17, 15) is 8.42 Å². The fourth-order valence-electron chi connectivity index (χ4n) is 1.79. The average molecular weight is 308 g/mol. The maximum absolute atomic E-state index is 11.3. The van der Waals surface area contributed by atoms with Crippen molar-refractivity contribution in [2.75, 3.05) is 18.2 Å². The van der Waals surface area contributed by atoms with Crippen LogP contribution in [0.25, 0.3) is 0 Å². The number of hydrogen-bond donors (Lipinski definition) is 3. The molecule has 112 valence electrons. The first kappa shape index (κ1) is 15.1. The number of benzene rings is 1. The van der Waals surface area contributed by atoms with Crippen LogP contribution in [0.1, 0.15) is 5.56 Å². The highest BCUT2D eigenvalue weighted by Gasteiger charge is 2.12. The number of anilines is 2. The molecule has 0 unspecified atom stereocenters. The van der Waals surface area contributed by atoms with Crippen LogP contribution in [-0.4, -0.2) is 20.5 Å². The van der Waals surface area contributed by atoms with Gasteiger partial charge < -0.3 is 15.8 Å². The zero-order valence-electron chi connectivity index (χ0n) is 11.4. The van der Waals surface area contributed by atoms with Gasteiger partial charge in [0.05, 0.1) is 12.8 Å². The van der Waals surface area contributed by atoms with Gasteiger partial charge in [0.25, 0.3) is 0 Å². The van der Waals surface area contributed by atoms with Crippen LogP contribution in [0.2, 0.25) is 0 Å². The van der Waals surface area contributed by atoms with Crippen molar-refractivity contribution in [3.63, 3.8) is 0 Å². The molecule has 8 heteroatoms. The first-order valence-corrected chi connectivity index (χ1v) is 7.60. The summed E-state index contributed by atoms with van der Waals surface area (Å²) < 4.78 is 27.6. The maximum Gasteiger partial charge on any atom is 0.240 e. The van der Waals surface area contributed by atoms with Crippen LogP contribution >= 0.6 is 0 Å². The van der Waals surface area contributed by atoms with Gasteiger partial charge in [-0.1, -0.05) is 0 Å². The number of nitrogens with two attached hydrogens (primary N) is 2. The molecule has 0 radical (unpaired) electrons. The number of nitrogens with one attached hydrogen (secondary N) is 1. The quantitative estimate of drug-likeness (QED) is 0.707. The average Bonchev–Trinajstić information content (AvgIpc) is 2.44. The number of pyridine rings is 1. The molecule has 0 atom stereocenters. The van der Waals surface area contributed by atoms with Crippen LogP contribution in [0.15, 0.2) is 41.4 Å². The van der Waals surface area contributed by atoms with Crippen LogP contribution in [0.5, 0.6) is 5.88 Å². The highest BCUT2D eigenvalue weighted by atomic mass is 32.2. The lowest BCUT2D eigenvalue weighted by atomic mass is 10.2. The summed E-state index contributed by atoms with van der Waals surface area (Å²) in [5.74, 6) is 0.526. The highest BCUT2D eigenvalue weighted by molar-refractivity contribution is 7.89. The minimum Gasteiger partial charge on any atom is -0.481 e. The van der Waals surface area contributed by atoms with Crippen LogP contribution in [0, 0.1) is 0 Å². The molecule has 21 heavy (non-hydrogen) atoms. The molecule has 0 aliphatic carbocycles. The van der Waals surface area contributed by atoms with Gasteiger partial charge in [0.1, 0.15) is 4.90 Å². The minimum atomic E-state index is -3.80. The largest absolute Gasteiger partial charge is 0.481 e. The van der Waals surface area contributed by atoms with Crippen molar-refractivity contribution in [1.29, 1.82) is 0 Å². The summed E-state index contributed by atoms with van der Waals surface area (Å²) >= 11 is 0. The number of sulfonamides is 1. The fraction of sp³-hybridized carbons (Fsp3) is 0.154. The Labute approximate surface area is 123 Å². The molecule has 0 amide bonds. The topological polar surface area (TPSA) is 120 Å². The molecule has 2 rings (SSSR count). The number of hydrogen-bond acceptors (Lipinski definition) is 6. The number of nitrogen functional groups attached to an aromatic ring is 1. The van der Waals surface area contributed by atoms with E-state index < -0.39 is 10.0 Å². The van der Waals surface area contributed by atoms with Gasteiger partial charge in [0.2, 0.25) is 15.9 Å². The first-order chi connectivity index (χ1) is 9.90. The molecule has 0 saturated heterocycles. The van der Waals surface area contributed by atoms with Crippen LogP contribution in [0.3, 0.4) is 0 Å². The fourth-order valence-corrected chi connectivity index (χ4v) is 2.44. The lowest BCUT2D eigenvalue weighted by Gasteiger charge is -2.10. The van der Waals surface area contributed by atoms with E-state index in [2.05, 4.69) is 10.3 Å². The summed E-state index contributed by atoms with van der Waals surface area (Å²) in [6, 6.07) is 8.15. The molecule has 5 N–H and O–H groups in total. The second-order valence-corrected chi connectivity index (χ2v) is 5.89. The van der Waals surface area contributed by atoms with Crippen molar-refractivity contribution in [3.8, 4) is 5.88 Å². The molecule has 1 heterocycles. The van der Waals surface area contributed by atoms with E-state index in [4.69, 9.17) is 15.6 Å². The Hall–Kier alpha value is -2.32. The Kier molecular flexibility index (Phi) is 4.29. The van der Waals surface area contributed by atoms with E-state index in [-0.39, 0.29) is 10.6 Å². The van der Waals surface area contributed by atoms with Gasteiger partial charge in [-0.05, 0) is 29.8 Å². The second-order valence-electron chi connectivity index (χ2n) is 4.36. The molecular formula is C13H16N4O3S.